The zero-order valence-electron chi connectivity index (χ0n) is 13.8. The van der Waals surface area contributed by atoms with Crippen molar-refractivity contribution in [2.24, 2.45) is 0 Å². The van der Waals surface area contributed by atoms with E-state index in [1.807, 2.05) is 36.4 Å². The molecule has 126 valence electrons. The Bertz CT molecular complexity index is 699. The molecule has 0 N–H and O–H groups in total. The van der Waals surface area contributed by atoms with Crippen molar-refractivity contribution in [3.05, 3.63) is 48.2 Å². The third-order valence-corrected chi connectivity index (χ3v) is 3.93. The van der Waals surface area contributed by atoms with Crippen LogP contribution in [0.25, 0.3) is 0 Å². The third-order valence-electron chi connectivity index (χ3n) is 3.93. The summed E-state index contributed by atoms with van der Waals surface area (Å²) in [4.78, 5) is 18.2. The van der Waals surface area contributed by atoms with Crippen LogP contribution >= 0.6 is 0 Å². The molecule has 1 aromatic carbocycles. The number of aromatic nitrogens is 1. The Labute approximate surface area is 141 Å². The molecule has 0 saturated carbocycles. The largest absolute Gasteiger partial charge is 0.493 e. The summed E-state index contributed by atoms with van der Waals surface area (Å²) in [6, 6.07) is 11.0. The average Bonchev–Trinajstić information content (AvgIpc) is 2.58. The normalized spacial score (nSPS) is 14.0. The second kappa shape index (κ2) is 7.21. The molecule has 6 heteroatoms. The minimum absolute atomic E-state index is 0.00857. The highest BCUT2D eigenvalue weighted by Gasteiger charge is 2.32. The summed E-state index contributed by atoms with van der Waals surface area (Å²) < 4.78 is 16.2. The molecule has 6 nitrogen and oxygen atoms in total. The molecule has 2 heterocycles. The number of carbonyl (C=O) groups excluding carboxylic acids is 1. The molecule has 1 aliphatic rings. The number of nitrogens with zero attached hydrogens (tertiary/aromatic N) is 2. The van der Waals surface area contributed by atoms with Gasteiger partial charge in [0.25, 0.3) is 0 Å². The van der Waals surface area contributed by atoms with Gasteiger partial charge in [-0.15, -0.1) is 0 Å². The van der Waals surface area contributed by atoms with E-state index in [9.17, 15) is 4.79 Å². The number of methoxy groups -OCH3 is 2. The van der Waals surface area contributed by atoms with Crippen molar-refractivity contribution in [3.8, 4) is 17.4 Å². The van der Waals surface area contributed by atoms with Gasteiger partial charge in [0.05, 0.1) is 33.7 Å². The molecule has 1 aromatic heterocycles. The SMILES string of the molecule is COc1ccc(CC(=O)N2CC(Oc3ccccn3)C2)cc1OC. The van der Waals surface area contributed by atoms with Crippen molar-refractivity contribution < 1.29 is 19.0 Å². The van der Waals surface area contributed by atoms with E-state index < -0.39 is 0 Å². The number of hydrogen-bond acceptors (Lipinski definition) is 5. The molecule has 1 fully saturated rings. The monoisotopic (exact) mass is 328 g/mol. The topological polar surface area (TPSA) is 60.9 Å². The summed E-state index contributed by atoms with van der Waals surface area (Å²) in [5.41, 5.74) is 0.895. The first-order chi connectivity index (χ1) is 11.7. The maximum Gasteiger partial charge on any atom is 0.227 e. The van der Waals surface area contributed by atoms with Crippen LogP contribution < -0.4 is 14.2 Å². The molecule has 0 spiro atoms. The Balaban J connectivity index is 1.52. The highest BCUT2D eigenvalue weighted by molar-refractivity contribution is 5.80. The maximum atomic E-state index is 12.3. The summed E-state index contributed by atoms with van der Waals surface area (Å²) in [6.07, 6.45) is 2.03. The number of carbonyl (C=O) groups is 1. The van der Waals surface area contributed by atoms with Crippen LogP contribution in [0.15, 0.2) is 42.6 Å². The molecule has 2 aromatic rings. The predicted octanol–water partition coefficient (Wildman–Crippen LogP) is 1.93. The van der Waals surface area contributed by atoms with Crippen LogP contribution in [-0.2, 0) is 11.2 Å². The van der Waals surface area contributed by atoms with Crippen LogP contribution in [0.4, 0.5) is 0 Å². The Hall–Kier alpha value is -2.76. The second-order valence-electron chi connectivity index (χ2n) is 5.57. The lowest BCUT2D eigenvalue weighted by Gasteiger charge is -2.38. The van der Waals surface area contributed by atoms with Crippen LogP contribution in [0, 0.1) is 0 Å². The Morgan fingerprint density at radius 2 is 1.96 bits per heavy atom. The number of likely N-dealkylation sites (tertiary alicyclic amines) is 1. The minimum atomic E-state index is 0.00857. The molecule has 0 radical (unpaired) electrons. The first-order valence-corrected chi connectivity index (χ1v) is 7.76. The molecule has 1 saturated heterocycles. The van der Waals surface area contributed by atoms with E-state index in [-0.39, 0.29) is 12.0 Å². The Morgan fingerprint density at radius 1 is 1.17 bits per heavy atom. The molecule has 1 amide bonds. The fraction of sp³-hybridized carbons (Fsp3) is 0.333. The van der Waals surface area contributed by atoms with E-state index in [2.05, 4.69) is 4.98 Å². The number of ether oxygens (including phenoxy) is 3. The molecule has 24 heavy (non-hydrogen) atoms. The first-order valence-electron chi connectivity index (χ1n) is 7.76. The Morgan fingerprint density at radius 3 is 2.62 bits per heavy atom. The number of amides is 1. The van der Waals surface area contributed by atoms with Crippen LogP contribution in [0.1, 0.15) is 5.56 Å². The van der Waals surface area contributed by atoms with Crippen LogP contribution in [-0.4, -0.2) is 49.2 Å². The van der Waals surface area contributed by atoms with E-state index >= 15 is 0 Å². The van der Waals surface area contributed by atoms with Crippen molar-refractivity contribution in [1.29, 1.82) is 0 Å². The summed E-state index contributed by atoms with van der Waals surface area (Å²) in [5.74, 6) is 1.95. The van der Waals surface area contributed by atoms with Gasteiger partial charge in [0.15, 0.2) is 11.5 Å². The van der Waals surface area contributed by atoms with Gasteiger partial charge in [-0.3, -0.25) is 4.79 Å². The van der Waals surface area contributed by atoms with Crippen LogP contribution in [0.5, 0.6) is 17.4 Å². The average molecular weight is 328 g/mol. The number of benzene rings is 1. The minimum Gasteiger partial charge on any atom is -0.493 e. The van der Waals surface area contributed by atoms with Crippen LogP contribution in [0.3, 0.4) is 0 Å². The van der Waals surface area contributed by atoms with Gasteiger partial charge in [0, 0.05) is 12.3 Å². The fourth-order valence-electron chi connectivity index (χ4n) is 2.58. The zero-order valence-corrected chi connectivity index (χ0v) is 13.8. The number of rotatable bonds is 6. The third kappa shape index (κ3) is 3.59. The van der Waals surface area contributed by atoms with Gasteiger partial charge in [0.1, 0.15) is 6.10 Å². The lowest BCUT2D eigenvalue weighted by Crippen LogP contribution is -2.56. The first kappa shape index (κ1) is 16.1. The summed E-state index contributed by atoms with van der Waals surface area (Å²) in [7, 11) is 3.17. The molecule has 0 bridgehead atoms. The smallest absolute Gasteiger partial charge is 0.227 e. The van der Waals surface area contributed by atoms with Gasteiger partial charge < -0.3 is 19.1 Å². The van der Waals surface area contributed by atoms with E-state index in [0.717, 1.165) is 5.56 Å². The van der Waals surface area contributed by atoms with Crippen molar-refractivity contribution in [1.82, 2.24) is 9.88 Å². The predicted molar refractivity (Wildman–Crippen MR) is 88.5 cm³/mol. The van der Waals surface area contributed by atoms with Gasteiger partial charge in [0.2, 0.25) is 11.8 Å². The van der Waals surface area contributed by atoms with Crippen molar-refractivity contribution in [3.63, 3.8) is 0 Å². The zero-order chi connectivity index (χ0) is 16.9. The van der Waals surface area contributed by atoms with Gasteiger partial charge in [-0.1, -0.05) is 12.1 Å². The Kier molecular flexibility index (Phi) is 4.84. The number of hydrogen-bond donors (Lipinski definition) is 0. The summed E-state index contributed by atoms with van der Waals surface area (Å²) in [5, 5.41) is 0. The van der Waals surface area contributed by atoms with Crippen molar-refractivity contribution in [2.45, 2.75) is 12.5 Å². The molecule has 0 aliphatic carbocycles. The molecular formula is C18H20N2O4. The fourth-order valence-corrected chi connectivity index (χ4v) is 2.58. The number of pyridine rings is 1. The maximum absolute atomic E-state index is 12.3. The highest BCUT2D eigenvalue weighted by atomic mass is 16.5. The van der Waals surface area contributed by atoms with Gasteiger partial charge in [-0.2, -0.15) is 0 Å². The lowest BCUT2D eigenvalue weighted by atomic mass is 10.1. The van der Waals surface area contributed by atoms with E-state index in [0.29, 0.717) is 36.9 Å². The van der Waals surface area contributed by atoms with Gasteiger partial charge in [-0.05, 0) is 23.8 Å². The van der Waals surface area contributed by atoms with Gasteiger partial charge >= 0.3 is 0 Å². The standard InChI is InChI=1S/C18H20N2O4/c1-22-15-7-6-13(9-16(15)23-2)10-18(21)20-11-14(12-20)24-17-5-3-4-8-19-17/h3-9,14H,10-12H2,1-2H3. The molecule has 3 rings (SSSR count). The summed E-state index contributed by atoms with van der Waals surface area (Å²) >= 11 is 0. The van der Waals surface area contributed by atoms with Gasteiger partial charge in [-0.25, -0.2) is 4.98 Å². The lowest BCUT2D eigenvalue weighted by molar-refractivity contribution is -0.139. The summed E-state index contributed by atoms with van der Waals surface area (Å²) in [6.45, 7) is 1.17. The molecular weight excluding hydrogens is 308 g/mol. The highest BCUT2D eigenvalue weighted by Crippen LogP contribution is 2.28. The molecule has 0 atom stereocenters. The quantitative estimate of drug-likeness (QED) is 0.811. The van der Waals surface area contributed by atoms with E-state index in [4.69, 9.17) is 14.2 Å². The van der Waals surface area contributed by atoms with E-state index in [1.165, 1.54) is 0 Å². The van der Waals surface area contributed by atoms with Crippen molar-refractivity contribution in [2.75, 3.05) is 27.3 Å². The molecule has 0 unspecified atom stereocenters. The van der Waals surface area contributed by atoms with Crippen molar-refractivity contribution >= 4 is 5.91 Å². The second-order valence-corrected chi connectivity index (χ2v) is 5.57. The van der Waals surface area contributed by atoms with Crippen LogP contribution in [0.2, 0.25) is 0 Å². The van der Waals surface area contributed by atoms with E-state index in [1.54, 1.807) is 25.3 Å². The molecule has 1 aliphatic heterocycles.